The molecule has 7 nitrogen and oxygen atoms in total. The summed E-state index contributed by atoms with van der Waals surface area (Å²) in [6.45, 7) is 0.518. The van der Waals surface area contributed by atoms with Crippen molar-refractivity contribution in [2.75, 3.05) is 5.32 Å². The van der Waals surface area contributed by atoms with Gasteiger partial charge in [0.25, 0.3) is 5.91 Å². The van der Waals surface area contributed by atoms with Crippen LogP contribution in [0.1, 0.15) is 16.1 Å². The van der Waals surface area contributed by atoms with E-state index in [1.807, 2.05) is 12.1 Å². The lowest BCUT2D eigenvalue weighted by Crippen LogP contribution is -2.15. The molecule has 0 bridgehead atoms. The van der Waals surface area contributed by atoms with Crippen LogP contribution < -0.4 is 5.32 Å². The van der Waals surface area contributed by atoms with Gasteiger partial charge in [-0.1, -0.05) is 35.3 Å². The van der Waals surface area contributed by atoms with E-state index in [0.717, 1.165) is 5.56 Å². The predicted octanol–water partition coefficient (Wildman–Crippen LogP) is 2.62. The lowest BCUT2D eigenvalue weighted by Gasteiger charge is -2.01. The predicted molar refractivity (Wildman–Crippen MR) is 86.7 cm³/mol. The van der Waals surface area contributed by atoms with Gasteiger partial charge in [0.2, 0.25) is 5.95 Å². The largest absolute Gasteiger partial charge is 0.288 e. The number of amides is 1. The third-order valence-corrected chi connectivity index (χ3v) is 3.55. The highest BCUT2D eigenvalue weighted by Crippen LogP contribution is 2.14. The van der Waals surface area contributed by atoms with Crippen molar-refractivity contribution in [1.29, 1.82) is 0 Å². The number of nitrogens with zero attached hydrogens (tertiary/aromatic N) is 5. The average Bonchev–Trinajstić information content (AvgIpc) is 3.07. The second-order valence-corrected chi connectivity index (χ2v) is 5.69. The molecule has 0 saturated carbocycles. The van der Waals surface area contributed by atoms with E-state index in [1.54, 1.807) is 30.1 Å². The fourth-order valence-electron chi connectivity index (χ4n) is 1.98. The highest BCUT2D eigenvalue weighted by molar-refractivity contribution is 6.34. The van der Waals surface area contributed by atoms with Crippen LogP contribution in [0.2, 0.25) is 10.0 Å². The van der Waals surface area contributed by atoms with Gasteiger partial charge in [0.15, 0.2) is 5.69 Å². The number of nitrogens with one attached hydrogen (secondary N) is 1. The Morgan fingerprint density at radius 2 is 1.96 bits per heavy atom. The number of hydrogen-bond donors (Lipinski definition) is 1. The number of hydrogen-bond acceptors (Lipinski definition) is 4. The van der Waals surface area contributed by atoms with E-state index >= 15 is 0 Å². The third kappa shape index (κ3) is 3.69. The molecule has 3 rings (SSSR count). The van der Waals surface area contributed by atoms with Crippen molar-refractivity contribution in [3.8, 4) is 0 Å². The maximum Gasteiger partial charge on any atom is 0.280 e. The van der Waals surface area contributed by atoms with Crippen LogP contribution in [-0.4, -0.2) is 30.5 Å². The molecule has 0 aliphatic rings. The zero-order valence-electron chi connectivity index (χ0n) is 12.1. The average molecular weight is 351 g/mol. The van der Waals surface area contributed by atoms with Crippen LogP contribution in [0, 0.1) is 0 Å². The summed E-state index contributed by atoms with van der Waals surface area (Å²) in [5.41, 5.74) is 1.15. The van der Waals surface area contributed by atoms with Gasteiger partial charge in [-0.05, 0) is 17.7 Å². The number of halogens is 2. The van der Waals surface area contributed by atoms with Crippen LogP contribution in [-0.2, 0) is 13.6 Å². The summed E-state index contributed by atoms with van der Waals surface area (Å²) < 4.78 is 3.07. The lowest BCUT2D eigenvalue weighted by molar-refractivity contribution is 0.102. The van der Waals surface area contributed by atoms with Crippen molar-refractivity contribution in [3.05, 3.63) is 58.1 Å². The molecule has 23 heavy (non-hydrogen) atoms. The normalized spacial score (nSPS) is 10.7. The van der Waals surface area contributed by atoms with E-state index in [2.05, 4.69) is 20.5 Å². The number of anilines is 1. The molecule has 3 aromatic rings. The van der Waals surface area contributed by atoms with Gasteiger partial charge in [0, 0.05) is 18.3 Å². The molecule has 9 heteroatoms. The van der Waals surface area contributed by atoms with E-state index in [9.17, 15) is 4.79 Å². The van der Waals surface area contributed by atoms with Crippen LogP contribution in [0.15, 0.2) is 36.8 Å². The summed E-state index contributed by atoms with van der Waals surface area (Å²) in [7, 11) is 1.68. The standard InChI is InChI=1S/C14H12Cl2N6O/c1-21-7-11(16)12(19-21)13(23)18-14-17-8-22(20-14)6-9-2-4-10(15)5-3-9/h2-5,7-8H,6H2,1H3,(H,18,20,23). The number of carbonyl (C=O) groups is 1. The first kappa shape index (κ1) is 15.5. The maximum atomic E-state index is 12.1. The smallest absolute Gasteiger partial charge is 0.280 e. The topological polar surface area (TPSA) is 77.6 Å². The van der Waals surface area contributed by atoms with E-state index in [-0.39, 0.29) is 16.7 Å². The minimum absolute atomic E-state index is 0.128. The first-order valence-electron chi connectivity index (χ1n) is 6.65. The molecule has 0 aliphatic carbocycles. The monoisotopic (exact) mass is 350 g/mol. The molecule has 2 heterocycles. The summed E-state index contributed by atoms with van der Waals surface area (Å²) in [4.78, 5) is 16.1. The lowest BCUT2D eigenvalue weighted by atomic mass is 10.2. The summed E-state index contributed by atoms with van der Waals surface area (Å²) in [6.07, 6.45) is 3.08. The second-order valence-electron chi connectivity index (χ2n) is 4.85. The molecular weight excluding hydrogens is 339 g/mol. The van der Waals surface area contributed by atoms with Gasteiger partial charge in [0.05, 0.1) is 11.6 Å². The molecule has 118 valence electrons. The highest BCUT2D eigenvalue weighted by atomic mass is 35.5. The fourth-order valence-corrected chi connectivity index (χ4v) is 2.37. The first-order chi connectivity index (χ1) is 11.0. The Morgan fingerprint density at radius 1 is 1.22 bits per heavy atom. The molecule has 0 aliphatic heterocycles. The Hall–Kier alpha value is -2.38. The Kier molecular flexibility index (Phi) is 4.31. The quantitative estimate of drug-likeness (QED) is 0.784. The molecule has 2 aromatic heterocycles. The number of aromatic nitrogens is 5. The van der Waals surface area contributed by atoms with Crippen molar-refractivity contribution < 1.29 is 4.79 Å². The summed E-state index contributed by atoms with van der Waals surface area (Å²) >= 11 is 11.8. The van der Waals surface area contributed by atoms with Gasteiger partial charge in [-0.2, -0.15) is 5.10 Å². The van der Waals surface area contributed by atoms with Crippen LogP contribution >= 0.6 is 23.2 Å². The van der Waals surface area contributed by atoms with Gasteiger partial charge >= 0.3 is 0 Å². The van der Waals surface area contributed by atoms with Crippen LogP contribution in [0.3, 0.4) is 0 Å². The first-order valence-corrected chi connectivity index (χ1v) is 7.41. The third-order valence-electron chi connectivity index (χ3n) is 3.02. The number of aryl methyl sites for hydroxylation is 1. The Labute approximate surface area is 141 Å². The van der Waals surface area contributed by atoms with Gasteiger partial charge in [-0.15, -0.1) is 5.10 Å². The van der Waals surface area contributed by atoms with E-state index in [0.29, 0.717) is 11.6 Å². The fraction of sp³-hybridized carbons (Fsp3) is 0.143. The zero-order valence-corrected chi connectivity index (χ0v) is 13.6. The molecule has 1 aromatic carbocycles. The summed E-state index contributed by atoms with van der Waals surface area (Å²) in [6, 6.07) is 7.41. The van der Waals surface area contributed by atoms with Crippen molar-refractivity contribution in [1.82, 2.24) is 24.5 Å². The summed E-state index contributed by atoms with van der Waals surface area (Å²) in [5.74, 6) is -0.273. The number of rotatable bonds is 4. The molecule has 0 unspecified atom stereocenters. The van der Waals surface area contributed by atoms with Crippen molar-refractivity contribution in [2.24, 2.45) is 7.05 Å². The highest BCUT2D eigenvalue weighted by Gasteiger charge is 2.16. The van der Waals surface area contributed by atoms with Crippen LogP contribution in [0.25, 0.3) is 0 Å². The van der Waals surface area contributed by atoms with Gasteiger partial charge in [0.1, 0.15) is 6.33 Å². The van der Waals surface area contributed by atoms with Gasteiger partial charge in [-0.25, -0.2) is 9.67 Å². The molecule has 0 fully saturated rings. The molecule has 0 saturated heterocycles. The summed E-state index contributed by atoms with van der Waals surface area (Å²) in [5, 5.41) is 11.7. The van der Waals surface area contributed by atoms with Crippen molar-refractivity contribution in [3.63, 3.8) is 0 Å². The molecule has 1 N–H and O–H groups in total. The molecule has 0 atom stereocenters. The van der Waals surface area contributed by atoms with Crippen molar-refractivity contribution >= 4 is 35.1 Å². The maximum absolute atomic E-state index is 12.1. The van der Waals surface area contributed by atoms with E-state index in [4.69, 9.17) is 23.2 Å². The Morgan fingerprint density at radius 3 is 2.61 bits per heavy atom. The van der Waals surface area contributed by atoms with Crippen LogP contribution in [0.4, 0.5) is 5.95 Å². The Balaban J connectivity index is 1.68. The van der Waals surface area contributed by atoms with E-state index in [1.165, 1.54) is 11.0 Å². The molecule has 0 spiro atoms. The molecular formula is C14H12Cl2N6O. The number of benzene rings is 1. The molecule has 1 amide bonds. The van der Waals surface area contributed by atoms with Crippen molar-refractivity contribution in [2.45, 2.75) is 6.54 Å². The minimum atomic E-state index is -0.458. The van der Waals surface area contributed by atoms with Crippen LogP contribution in [0.5, 0.6) is 0 Å². The Bertz CT molecular complexity index is 839. The van der Waals surface area contributed by atoms with E-state index < -0.39 is 5.91 Å². The van der Waals surface area contributed by atoms with Gasteiger partial charge < -0.3 is 0 Å². The SMILES string of the molecule is Cn1cc(Cl)c(C(=O)Nc2ncn(Cc3ccc(Cl)cc3)n2)n1. The van der Waals surface area contributed by atoms with Gasteiger partial charge in [-0.3, -0.25) is 14.8 Å². The minimum Gasteiger partial charge on any atom is -0.288 e. The zero-order chi connectivity index (χ0) is 16.4. The molecule has 0 radical (unpaired) electrons. The second kappa shape index (κ2) is 6.39. The number of carbonyl (C=O) groups excluding carboxylic acids is 1.